The van der Waals surface area contributed by atoms with Crippen LogP contribution >= 0.6 is 62.3 Å². The average molecular weight is 1600 g/mol. The van der Waals surface area contributed by atoms with Gasteiger partial charge in [0.15, 0.2) is 17.4 Å². The van der Waals surface area contributed by atoms with Gasteiger partial charge in [0, 0.05) is 43.8 Å². The van der Waals surface area contributed by atoms with Gasteiger partial charge in [-0.25, -0.2) is 13.8 Å². The molecule has 3 N–H and O–H groups in total. The molecule has 14 aromatic rings. The summed E-state index contributed by atoms with van der Waals surface area (Å²) in [4.78, 5) is 24.3. The first-order valence-electron chi connectivity index (χ1n) is 31.1. The molecule has 0 aliphatic carbocycles. The number of aromatic nitrogens is 3. The zero-order valence-corrected chi connectivity index (χ0v) is 67.0. The molecule has 0 saturated carbocycles. The Hall–Kier alpha value is -6.43. The predicted octanol–water partition coefficient (Wildman–Crippen LogP) is 14.8. The van der Waals surface area contributed by atoms with E-state index in [1.807, 2.05) is 133 Å². The molecule has 1 aliphatic rings. The molecule has 15 rings (SSSR count). The van der Waals surface area contributed by atoms with E-state index in [-0.39, 0.29) is 175 Å². The van der Waals surface area contributed by atoms with Gasteiger partial charge in [-0.3, -0.25) is 9.18 Å². The summed E-state index contributed by atoms with van der Waals surface area (Å²) in [6, 6.07) is 77.7. The van der Waals surface area contributed by atoms with Crippen molar-refractivity contribution in [3.8, 4) is 62.3 Å². The number of alkyl halides is 1. The van der Waals surface area contributed by atoms with Crippen LogP contribution in [0.3, 0.4) is 0 Å². The van der Waals surface area contributed by atoms with E-state index in [0.717, 1.165) is 71.1 Å². The summed E-state index contributed by atoms with van der Waals surface area (Å²) in [5, 5.41) is 41.1. The van der Waals surface area contributed by atoms with E-state index in [1.165, 1.54) is 35.9 Å². The van der Waals surface area contributed by atoms with Crippen LogP contribution in [0.2, 0.25) is 20.4 Å². The topological polar surface area (TPSA) is 203 Å². The summed E-state index contributed by atoms with van der Waals surface area (Å²) < 4.78 is 70.3. The van der Waals surface area contributed by atoms with Gasteiger partial charge in [-0.1, -0.05) is 224 Å². The molecule has 3 aromatic heterocycles. The Bertz CT molecular complexity index is 5000. The zero-order chi connectivity index (χ0) is 73.3. The molecule has 0 unspecified atom stereocenters. The van der Waals surface area contributed by atoms with Crippen LogP contribution < -0.4 is 118 Å². The summed E-state index contributed by atoms with van der Waals surface area (Å²) in [5.41, 5.74) is 8.59. The summed E-state index contributed by atoms with van der Waals surface area (Å²) in [6.45, 7) is 8.10. The minimum atomic E-state index is -1.00. The number of phenolic OH excluding ortho intramolecular Hbond substituents is 2. The molecule has 0 amide bonds. The normalized spacial score (nSPS) is 11.9. The van der Waals surface area contributed by atoms with Gasteiger partial charge in [0.05, 0.1) is 39.3 Å². The van der Waals surface area contributed by atoms with E-state index >= 15 is 0 Å². The van der Waals surface area contributed by atoms with Crippen LogP contribution in [-0.4, -0.2) is 69.8 Å². The predicted molar refractivity (Wildman–Crippen MR) is 406 cm³/mol. The second kappa shape index (κ2) is 43.4. The van der Waals surface area contributed by atoms with E-state index < -0.39 is 13.0 Å². The third-order valence-electron chi connectivity index (χ3n) is 15.3. The van der Waals surface area contributed by atoms with Crippen molar-refractivity contribution >= 4 is 133 Å². The Balaban J connectivity index is 0.000000270. The van der Waals surface area contributed by atoms with Crippen molar-refractivity contribution in [2.24, 2.45) is 0 Å². The molecule has 14 nitrogen and oxygen atoms in total. The first-order valence-corrected chi connectivity index (χ1v) is 32.7. The number of aromatic hydroxyl groups is 2. The molecule has 4 heterocycles. The van der Waals surface area contributed by atoms with Crippen LogP contribution in [0, 0.1) is 11.6 Å². The molecule has 0 spiro atoms. The second-order valence-electron chi connectivity index (χ2n) is 22.2. The number of furan rings is 2. The van der Waals surface area contributed by atoms with Crippen molar-refractivity contribution in [2.45, 2.75) is 46.3 Å². The molecule has 11 aromatic carbocycles. The third-order valence-corrected chi connectivity index (χ3v) is 17.5. The van der Waals surface area contributed by atoms with Gasteiger partial charge in [0.25, 0.3) is 6.47 Å². The van der Waals surface area contributed by atoms with Gasteiger partial charge in [0.1, 0.15) is 45.5 Å². The van der Waals surface area contributed by atoms with E-state index in [9.17, 15) is 18.3 Å². The maximum Gasteiger partial charge on any atom is 1.00 e. The van der Waals surface area contributed by atoms with Crippen LogP contribution in [0.25, 0.3) is 88.9 Å². The molecule has 104 heavy (non-hydrogen) atoms. The summed E-state index contributed by atoms with van der Waals surface area (Å²) in [7, 11) is -0.857. The molecule has 26 heteroatoms. The number of carbonyl (C=O) groups excluding carboxylic acids is 1. The largest absolute Gasteiger partial charge is 1.00 e. The molecule has 1 fully saturated rings. The minimum absolute atomic E-state index is 0. The standard InChI is InChI=1S/C21H14ClN3.C18H19BO3.C12H8ClFO.C12H7ClO.C6H6BO3.C6H3BrClF.CH3F.CH2O3.CH4.2K.H/c22-21-24-19(17-9-5-2-6-10-17)23-20(25-21)18-13-11-16(12-14-18)15-7-3-1-4-8-15;1-17(2)18(3,4)22-19(21-17)13-9-7-11-15-16(13)12-8-5-6-10-14(12)20-15;13-9-5-3-6-10(14)12(9)8-4-1-2-7-11(8)15;13-9-5-3-7-11-12(9)8-4-1-2-6-10(8)14-11;8-5-3-1-2-4-6(5)10-7-9;7-6-4(8)2-1-3-5(6)9;1-2;2-1-4-3;;;;/h1-14H;5-11H,1-4H3;1-7,15H;1-7H;1-4,8-9H;1-3H;1H3;1,3H;1H4;;;/q;;;;;;;;;2*+1;-1/p-1/i;;;;;;1D;;;;;. The molecule has 0 atom stereocenters. The Morgan fingerprint density at radius 2 is 0.952 bits per heavy atom. The second-order valence-corrected chi connectivity index (χ2v) is 24.6. The average Bonchev–Trinajstić information content (AvgIpc) is 1.60. The Kier molecular flexibility index (Phi) is 36.1. The Morgan fingerprint density at radius 3 is 1.47 bits per heavy atom. The smallest absolute Gasteiger partial charge is 1.00 e. The van der Waals surface area contributed by atoms with Crippen molar-refractivity contribution in [1.82, 2.24) is 15.0 Å². The first-order chi connectivity index (χ1) is 49.1. The van der Waals surface area contributed by atoms with Gasteiger partial charge in [0.2, 0.25) is 5.28 Å². The van der Waals surface area contributed by atoms with Gasteiger partial charge >= 0.3 is 118 Å². The van der Waals surface area contributed by atoms with E-state index in [1.54, 1.807) is 54.6 Å². The summed E-state index contributed by atoms with van der Waals surface area (Å²) >= 11 is 26.6. The summed E-state index contributed by atoms with van der Waals surface area (Å²) in [6.07, 6.45) is 0. The number of halogens is 8. The number of para-hydroxylation sites is 5. The molecule has 1 saturated heterocycles. The van der Waals surface area contributed by atoms with Crippen LogP contribution in [0.15, 0.2) is 268 Å². The third kappa shape index (κ3) is 23.5. The number of nitrogens with zero attached hydrogens (tertiary/aromatic N) is 3. The number of fused-ring (bicyclic) bond motifs is 6. The minimum Gasteiger partial charge on any atom is -1.00 e. The number of phenols is 2. The number of rotatable bonds is 8. The molecular formula is C78H66B2BrCl4F3K2N3O11. The fraction of sp³-hybridized carbons (Fsp3) is 0.103. The Labute approximate surface area is 717 Å². The molecule has 1 radical (unpaired) electrons. The van der Waals surface area contributed by atoms with Crippen molar-refractivity contribution in [3.63, 3.8) is 0 Å². The zero-order valence-electron chi connectivity index (χ0n) is 58.2. The van der Waals surface area contributed by atoms with E-state index in [0.29, 0.717) is 34.4 Å². The van der Waals surface area contributed by atoms with Gasteiger partial charge < -0.3 is 49.6 Å². The fourth-order valence-electron chi connectivity index (χ4n) is 9.87. The van der Waals surface area contributed by atoms with E-state index in [2.05, 4.69) is 105 Å². The van der Waals surface area contributed by atoms with Crippen molar-refractivity contribution in [1.29, 1.82) is 0 Å². The van der Waals surface area contributed by atoms with Crippen molar-refractivity contribution in [3.05, 3.63) is 291 Å². The summed E-state index contributed by atoms with van der Waals surface area (Å²) in [5.74, 6) is 0.634. The maximum atomic E-state index is 13.5. The SMILES string of the molecule is C.CC1(C)OB(c2cccc3oc4ccccc4c23)OC1(C)C.Clc1cccc2oc3ccccc3c12.Clc1nc(-c2ccccc2)nc(-c2ccc(-c3ccccc3)cc2)n1.Fc1cccc(Cl)c1Br.O=CO[O-].O[B]Oc1ccccc1O.Oc1ccccc1-c1c(F)cccc1Cl.[2H]CF.[H-].[K+].[K+]. The quantitative estimate of drug-likeness (QED) is 0.0426. The van der Waals surface area contributed by atoms with Crippen molar-refractivity contribution < 1.29 is 172 Å². The van der Waals surface area contributed by atoms with E-state index in [4.69, 9.17) is 86.1 Å². The molecule has 523 valence electrons. The molecular weight excluding hydrogens is 1530 g/mol. The number of carbonyl (C=O) groups is 1. The van der Waals surface area contributed by atoms with Crippen LogP contribution in [0.5, 0.6) is 17.2 Å². The van der Waals surface area contributed by atoms with Gasteiger partial charge in [-0.05, 0) is 145 Å². The van der Waals surface area contributed by atoms with Crippen LogP contribution in [0.1, 0.15) is 37.9 Å². The molecule has 0 bridgehead atoms. The van der Waals surface area contributed by atoms with Gasteiger partial charge in [-0.15, -0.1) is 0 Å². The fourth-order valence-corrected chi connectivity index (χ4v) is 11.0. The van der Waals surface area contributed by atoms with Crippen molar-refractivity contribution in [2.75, 3.05) is 7.15 Å². The Morgan fingerprint density at radius 1 is 0.538 bits per heavy atom. The maximum absolute atomic E-state index is 13.5. The molecule has 1 aliphatic heterocycles. The number of hydrogen-bond acceptors (Lipinski definition) is 14. The van der Waals surface area contributed by atoms with Crippen LogP contribution in [0.4, 0.5) is 13.2 Å². The monoisotopic (exact) mass is 1600 g/mol. The van der Waals surface area contributed by atoms with Crippen LogP contribution in [-0.2, 0) is 19.0 Å². The number of benzene rings is 11. The number of hydrogen-bond donors (Lipinski definition) is 3. The first kappa shape index (κ1) is 86.5. The van der Waals surface area contributed by atoms with Gasteiger partial charge in [-0.2, -0.15) is 9.97 Å².